The van der Waals surface area contributed by atoms with E-state index in [-0.39, 0.29) is 16.8 Å². The second kappa shape index (κ2) is 5.39. The number of methoxy groups -OCH3 is 1. The topological polar surface area (TPSA) is 72.5 Å². The molecule has 0 aliphatic rings. The van der Waals surface area contributed by atoms with E-state index in [2.05, 4.69) is 10.1 Å². The van der Waals surface area contributed by atoms with Crippen molar-refractivity contribution in [1.82, 2.24) is 0 Å². The Morgan fingerprint density at radius 1 is 1.17 bits per heavy atom. The Labute approximate surface area is 103 Å². The molecule has 5 nitrogen and oxygen atoms in total. The number of carbonyl (C=O) groups excluding carboxylic acids is 3. The van der Waals surface area contributed by atoms with E-state index >= 15 is 0 Å². The zero-order chi connectivity index (χ0) is 13.9. The molecular formula is C12H12FNO4. The predicted molar refractivity (Wildman–Crippen MR) is 62.0 cm³/mol. The summed E-state index contributed by atoms with van der Waals surface area (Å²) < 4.78 is 18.1. The van der Waals surface area contributed by atoms with Crippen LogP contribution in [-0.2, 0) is 9.53 Å². The molecule has 0 radical (unpaired) electrons. The molecule has 0 fully saturated rings. The molecule has 1 amide bonds. The van der Waals surface area contributed by atoms with E-state index in [4.69, 9.17) is 0 Å². The Morgan fingerprint density at radius 2 is 1.78 bits per heavy atom. The van der Waals surface area contributed by atoms with Crippen molar-refractivity contribution in [2.75, 3.05) is 12.4 Å². The Morgan fingerprint density at radius 3 is 2.22 bits per heavy atom. The quantitative estimate of drug-likeness (QED) is 0.658. The van der Waals surface area contributed by atoms with Gasteiger partial charge < -0.3 is 10.1 Å². The summed E-state index contributed by atoms with van der Waals surface area (Å²) in [5.74, 6) is -2.55. The number of carbonyl (C=O) groups is 3. The summed E-state index contributed by atoms with van der Waals surface area (Å²) in [5.41, 5.74) is -0.333. The number of halogens is 1. The fraction of sp³-hybridized carbons (Fsp3) is 0.250. The average molecular weight is 253 g/mol. The van der Waals surface area contributed by atoms with E-state index in [1.165, 1.54) is 13.8 Å². The van der Waals surface area contributed by atoms with Crippen LogP contribution in [0.3, 0.4) is 0 Å². The van der Waals surface area contributed by atoms with Gasteiger partial charge >= 0.3 is 5.97 Å². The molecule has 0 aliphatic carbocycles. The number of benzene rings is 1. The van der Waals surface area contributed by atoms with Gasteiger partial charge in [0.05, 0.1) is 23.9 Å². The normalized spacial score (nSPS) is 9.78. The summed E-state index contributed by atoms with van der Waals surface area (Å²) >= 11 is 0. The fourth-order valence-electron chi connectivity index (χ4n) is 1.41. The van der Waals surface area contributed by atoms with E-state index in [9.17, 15) is 18.8 Å². The first-order chi connectivity index (χ1) is 8.36. The molecule has 18 heavy (non-hydrogen) atoms. The molecular weight excluding hydrogens is 241 g/mol. The molecule has 6 heteroatoms. The first-order valence-electron chi connectivity index (χ1n) is 5.07. The molecule has 0 saturated heterocycles. The minimum Gasteiger partial charge on any atom is -0.465 e. The second-order valence-corrected chi connectivity index (χ2v) is 3.61. The lowest BCUT2D eigenvalue weighted by molar-refractivity contribution is -0.114. The van der Waals surface area contributed by atoms with Crippen LogP contribution in [0.2, 0.25) is 0 Å². The molecule has 0 unspecified atom stereocenters. The largest absolute Gasteiger partial charge is 0.465 e. The molecule has 0 saturated carbocycles. The van der Waals surface area contributed by atoms with Crippen LogP contribution < -0.4 is 5.32 Å². The van der Waals surface area contributed by atoms with Crippen LogP contribution in [0.5, 0.6) is 0 Å². The minimum atomic E-state index is -0.807. The Balaban J connectivity index is 3.41. The van der Waals surface area contributed by atoms with E-state index in [0.29, 0.717) is 0 Å². The van der Waals surface area contributed by atoms with E-state index in [1.54, 1.807) is 0 Å². The number of rotatable bonds is 3. The number of hydrogen-bond acceptors (Lipinski definition) is 4. The Bertz CT molecular complexity index is 525. The lowest BCUT2D eigenvalue weighted by Crippen LogP contribution is -2.14. The highest BCUT2D eigenvalue weighted by Crippen LogP contribution is 2.22. The van der Waals surface area contributed by atoms with Gasteiger partial charge in [0.1, 0.15) is 5.82 Å². The number of esters is 1. The average Bonchev–Trinajstić information content (AvgIpc) is 2.27. The minimum absolute atomic E-state index is 0.0307. The number of hydrogen-bond donors (Lipinski definition) is 1. The molecule has 0 spiro atoms. The molecule has 1 N–H and O–H groups in total. The summed E-state index contributed by atoms with van der Waals surface area (Å²) in [6.45, 7) is 2.40. The molecule has 1 aromatic rings. The van der Waals surface area contributed by atoms with Crippen LogP contribution in [-0.4, -0.2) is 24.8 Å². The number of anilines is 1. The predicted octanol–water partition coefficient (Wildman–Crippen LogP) is 1.77. The van der Waals surface area contributed by atoms with Gasteiger partial charge in [-0.15, -0.1) is 0 Å². The molecule has 1 aromatic carbocycles. The number of ketones is 1. The van der Waals surface area contributed by atoms with Crippen LogP contribution in [0.1, 0.15) is 34.6 Å². The van der Waals surface area contributed by atoms with Crippen molar-refractivity contribution in [3.05, 3.63) is 29.1 Å². The lowest BCUT2D eigenvalue weighted by Gasteiger charge is -2.10. The highest BCUT2D eigenvalue weighted by atomic mass is 19.1. The summed E-state index contributed by atoms with van der Waals surface area (Å²) in [6, 6.07) is 1.99. The van der Waals surface area contributed by atoms with Gasteiger partial charge in [-0.3, -0.25) is 9.59 Å². The molecule has 0 aliphatic heterocycles. The van der Waals surface area contributed by atoms with Gasteiger partial charge in [0.25, 0.3) is 0 Å². The van der Waals surface area contributed by atoms with Gasteiger partial charge in [-0.25, -0.2) is 9.18 Å². The van der Waals surface area contributed by atoms with Crippen molar-refractivity contribution < 1.29 is 23.5 Å². The zero-order valence-corrected chi connectivity index (χ0v) is 10.2. The SMILES string of the molecule is COC(=O)c1cc(C(C)=O)c(F)cc1NC(C)=O. The van der Waals surface area contributed by atoms with Crippen LogP contribution in [0.25, 0.3) is 0 Å². The summed E-state index contributed by atoms with van der Waals surface area (Å²) in [5, 5.41) is 2.30. The van der Waals surface area contributed by atoms with Gasteiger partial charge in [0.2, 0.25) is 5.91 Å². The molecule has 0 atom stereocenters. The van der Waals surface area contributed by atoms with Crippen molar-refractivity contribution in [1.29, 1.82) is 0 Å². The maximum absolute atomic E-state index is 13.6. The van der Waals surface area contributed by atoms with Crippen molar-refractivity contribution in [3.63, 3.8) is 0 Å². The van der Waals surface area contributed by atoms with Crippen molar-refractivity contribution in [2.24, 2.45) is 0 Å². The van der Waals surface area contributed by atoms with Gasteiger partial charge in [-0.05, 0) is 19.1 Å². The lowest BCUT2D eigenvalue weighted by atomic mass is 10.0. The standard InChI is InChI=1S/C12H12FNO4/c1-6(15)8-4-9(12(17)18-3)11(5-10(8)13)14-7(2)16/h4-5H,1-3H3,(H,14,16). The summed E-state index contributed by atoms with van der Waals surface area (Å²) in [7, 11) is 1.15. The first kappa shape index (κ1) is 13.8. The maximum Gasteiger partial charge on any atom is 0.340 e. The maximum atomic E-state index is 13.6. The van der Waals surface area contributed by atoms with Crippen LogP contribution in [0.4, 0.5) is 10.1 Å². The molecule has 0 heterocycles. The van der Waals surface area contributed by atoms with Crippen molar-refractivity contribution in [3.8, 4) is 0 Å². The fourth-order valence-corrected chi connectivity index (χ4v) is 1.41. The molecule has 0 aromatic heterocycles. The van der Waals surface area contributed by atoms with Crippen molar-refractivity contribution >= 4 is 23.3 Å². The zero-order valence-electron chi connectivity index (χ0n) is 10.2. The van der Waals surface area contributed by atoms with Gasteiger partial charge in [0, 0.05) is 6.92 Å². The second-order valence-electron chi connectivity index (χ2n) is 3.61. The third-order valence-electron chi connectivity index (χ3n) is 2.20. The monoisotopic (exact) mass is 253 g/mol. The molecule has 0 bridgehead atoms. The summed E-state index contributed by atoms with van der Waals surface area (Å²) in [4.78, 5) is 33.6. The van der Waals surface area contributed by atoms with Crippen LogP contribution in [0.15, 0.2) is 12.1 Å². The molecule has 96 valence electrons. The smallest absolute Gasteiger partial charge is 0.340 e. The van der Waals surface area contributed by atoms with E-state index in [1.807, 2.05) is 0 Å². The number of amides is 1. The number of ether oxygens (including phenoxy) is 1. The van der Waals surface area contributed by atoms with Gasteiger partial charge in [-0.2, -0.15) is 0 Å². The highest BCUT2D eigenvalue weighted by molar-refractivity contribution is 6.04. The highest BCUT2D eigenvalue weighted by Gasteiger charge is 2.18. The van der Waals surface area contributed by atoms with Crippen LogP contribution in [0, 0.1) is 5.82 Å². The van der Waals surface area contributed by atoms with Crippen molar-refractivity contribution in [2.45, 2.75) is 13.8 Å². The van der Waals surface area contributed by atoms with E-state index in [0.717, 1.165) is 19.2 Å². The van der Waals surface area contributed by atoms with Crippen LogP contribution >= 0.6 is 0 Å². The number of nitrogens with one attached hydrogen (secondary N) is 1. The molecule has 1 rings (SSSR count). The number of Topliss-reactive ketones (excluding diaryl/α,β-unsaturated/α-hetero) is 1. The Hall–Kier alpha value is -2.24. The Kier molecular flexibility index (Phi) is 4.14. The summed E-state index contributed by atoms with van der Waals surface area (Å²) in [6.07, 6.45) is 0. The first-order valence-corrected chi connectivity index (χ1v) is 5.07. The van der Waals surface area contributed by atoms with Gasteiger partial charge in [-0.1, -0.05) is 0 Å². The third kappa shape index (κ3) is 2.91. The van der Waals surface area contributed by atoms with E-state index < -0.39 is 23.5 Å². The third-order valence-corrected chi connectivity index (χ3v) is 2.20. The van der Waals surface area contributed by atoms with Gasteiger partial charge in [0.15, 0.2) is 5.78 Å².